The summed E-state index contributed by atoms with van der Waals surface area (Å²) in [4.78, 5) is 11.7. The van der Waals surface area contributed by atoms with Gasteiger partial charge in [-0.15, -0.1) is 0 Å². The van der Waals surface area contributed by atoms with Crippen molar-refractivity contribution in [2.75, 3.05) is 6.61 Å². The SMILES string of the molecule is Cc1ccc(CNC(=O)COc2ccccc2Br)cc1F. The number of carbonyl (C=O) groups is 1. The second kappa shape index (κ2) is 7.22. The van der Waals surface area contributed by atoms with E-state index in [9.17, 15) is 9.18 Å². The number of hydrogen-bond donors (Lipinski definition) is 1. The third-order valence-corrected chi connectivity index (χ3v) is 3.58. The fourth-order valence-corrected chi connectivity index (χ4v) is 2.10. The van der Waals surface area contributed by atoms with E-state index in [0.29, 0.717) is 16.9 Å². The first-order chi connectivity index (χ1) is 10.1. The average molecular weight is 352 g/mol. The molecule has 0 saturated heterocycles. The van der Waals surface area contributed by atoms with E-state index in [1.165, 1.54) is 6.07 Å². The molecular formula is C16H15BrFNO2. The van der Waals surface area contributed by atoms with Crippen molar-refractivity contribution in [1.82, 2.24) is 5.32 Å². The van der Waals surface area contributed by atoms with Crippen LogP contribution < -0.4 is 10.1 Å². The van der Waals surface area contributed by atoms with Gasteiger partial charge in [0.2, 0.25) is 0 Å². The highest BCUT2D eigenvalue weighted by Crippen LogP contribution is 2.23. The quantitative estimate of drug-likeness (QED) is 0.893. The first-order valence-corrected chi connectivity index (χ1v) is 7.24. The third kappa shape index (κ3) is 4.56. The molecule has 0 radical (unpaired) electrons. The lowest BCUT2D eigenvalue weighted by Crippen LogP contribution is -2.28. The molecule has 3 nitrogen and oxygen atoms in total. The van der Waals surface area contributed by atoms with E-state index in [1.807, 2.05) is 18.2 Å². The van der Waals surface area contributed by atoms with Crippen LogP contribution in [0.3, 0.4) is 0 Å². The lowest BCUT2D eigenvalue weighted by Gasteiger charge is -2.09. The van der Waals surface area contributed by atoms with Crippen LogP contribution in [0.1, 0.15) is 11.1 Å². The molecule has 0 spiro atoms. The van der Waals surface area contributed by atoms with Crippen molar-refractivity contribution in [1.29, 1.82) is 0 Å². The number of ether oxygens (including phenoxy) is 1. The molecule has 110 valence electrons. The fourth-order valence-electron chi connectivity index (χ4n) is 1.70. The number of rotatable bonds is 5. The van der Waals surface area contributed by atoms with Crippen LogP contribution in [-0.2, 0) is 11.3 Å². The van der Waals surface area contributed by atoms with Crippen LogP contribution in [0.25, 0.3) is 0 Å². The molecule has 0 unspecified atom stereocenters. The Bertz CT molecular complexity index is 646. The van der Waals surface area contributed by atoms with Crippen molar-refractivity contribution >= 4 is 21.8 Å². The fraction of sp³-hybridized carbons (Fsp3) is 0.188. The summed E-state index contributed by atoms with van der Waals surface area (Å²) >= 11 is 3.34. The molecule has 0 heterocycles. The van der Waals surface area contributed by atoms with Crippen molar-refractivity contribution in [3.05, 3.63) is 63.9 Å². The first kappa shape index (κ1) is 15.5. The van der Waals surface area contributed by atoms with E-state index in [-0.39, 0.29) is 24.9 Å². The Labute approximate surface area is 131 Å². The van der Waals surface area contributed by atoms with Crippen LogP contribution in [0.15, 0.2) is 46.9 Å². The zero-order chi connectivity index (χ0) is 15.2. The van der Waals surface area contributed by atoms with Gasteiger partial charge in [0.15, 0.2) is 6.61 Å². The zero-order valence-electron chi connectivity index (χ0n) is 11.5. The van der Waals surface area contributed by atoms with Crippen LogP contribution in [0.4, 0.5) is 4.39 Å². The minimum atomic E-state index is -0.272. The number of para-hydroxylation sites is 1. The molecule has 2 rings (SSSR count). The summed E-state index contributed by atoms with van der Waals surface area (Å²) in [6, 6.07) is 12.2. The van der Waals surface area contributed by atoms with Gasteiger partial charge in [-0.05, 0) is 52.2 Å². The maximum Gasteiger partial charge on any atom is 0.258 e. The van der Waals surface area contributed by atoms with Gasteiger partial charge in [-0.2, -0.15) is 0 Å². The Hall–Kier alpha value is -1.88. The number of amides is 1. The van der Waals surface area contributed by atoms with Gasteiger partial charge in [0.05, 0.1) is 4.47 Å². The van der Waals surface area contributed by atoms with E-state index in [1.54, 1.807) is 25.1 Å². The van der Waals surface area contributed by atoms with Gasteiger partial charge in [-0.1, -0.05) is 24.3 Å². The maximum atomic E-state index is 13.4. The van der Waals surface area contributed by atoms with Crippen molar-refractivity contribution in [2.24, 2.45) is 0 Å². The summed E-state index contributed by atoms with van der Waals surface area (Å²) < 4.78 is 19.6. The zero-order valence-corrected chi connectivity index (χ0v) is 13.1. The number of halogens is 2. The smallest absolute Gasteiger partial charge is 0.258 e. The Morgan fingerprint density at radius 2 is 2.05 bits per heavy atom. The normalized spacial score (nSPS) is 10.2. The average Bonchev–Trinajstić information content (AvgIpc) is 2.47. The summed E-state index contributed by atoms with van der Waals surface area (Å²) in [7, 11) is 0. The number of aryl methyl sites for hydroxylation is 1. The minimum absolute atomic E-state index is 0.0864. The lowest BCUT2D eigenvalue weighted by atomic mass is 10.1. The number of carbonyl (C=O) groups excluding carboxylic acids is 1. The van der Waals surface area contributed by atoms with Gasteiger partial charge in [-0.25, -0.2) is 4.39 Å². The molecule has 2 aromatic carbocycles. The molecule has 1 amide bonds. The molecule has 1 N–H and O–H groups in total. The molecule has 0 saturated carbocycles. The minimum Gasteiger partial charge on any atom is -0.483 e. The monoisotopic (exact) mass is 351 g/mol. The van der Waals surface area contributed by atoms with Crippen LogP contribution >= 0.6 is 15.9 Å². The van der Waals surface area contributed by atoms with Gasteiger partial charge < -0.3 is 10.1 Å². The Kier molecular flexibility index (Phi) is 5.33. The van der Waals surface area contributed by atoms with Crippen molar-refractivity contribution in [3.8, 4) is 5.75 Å². The lowest BCUT2D eigenvalue weighted by molar-refractivity contribution is -0.123. The standard InChI is InChI=1S/C16H15BrFNO2/c1-11-6-7-12(8-14(11)18)9-19-16(20)10-21-15-5-3-2-4-13(15)17/h2-8H,9-10H2,1H3,(H,19,20). The van der Waals surface area contributed by atoms with E-state index in [4.69, 9.17) is 4.74 Å². The number of hydrogen-bond acceptors (Lipinski definition) is 2. The molecule has 21 heavy (non-hydrogen) atoms. The van der Waals surface area contributed by atoms with Crippen LogP contribution in [0, 0.1) is 12.7 Å². The topological polar surface area (TPSA) is 38.3 Å². The summed E-state index contributed by atoms with van der Waals surface area (Å²) in [5, 5.41) is 2.69. The van der Waals surface area contributed by atoms with Gasteiger partial charge in [-0.3, -0.25) is 4.79 Å². The Balaban J connectivity index is 1.82. The molecule has 0 bridgehead atoms. The predicted octanol–water partition coefficient (Wildman–Crippen LogP) is 3.59. The van der Waals surface area contributed by atoms with Crippen LogP contribution in [-0.4, -0.2) is 12.5 Å². The third-order valence-electron chi connectivity index (χ3n) is 2.92. The highest BCUT2D eigenvalue weighted by molar-refractivity contribution is 9.10. The Morgan fingerprint density at radius 1 is 1.29 bits per heavy atom. The van der Waals surface area contributed by atoms with Crippen LogP contribution in [0.5, 0.6) is 5.75 Å². The van der Waals surface area contributed by atoms with Crippen molar-refractivity contribution in [3.63, 3.8) is 0 Å². The van der Waals surface area contributed by atoms with Gasteiger partial charge in [0.1, 0.15) is 11.6 Å². The molecule has 2 aromatic rings. The van der Waals surface area contributed by atoms with Crippen molar-refractivity contribution < 1.29 is 13.9 Å². The molecule has 0 fully saturated rings. The molecule has 0 aliphatic rings. The molecule has 0 aliphatic carbocycles. The highest BCUT2D eigenvalue weighted by Gasteiger charge is 2.06. The highest BCUT2D eigenvalue weighted by atomic mass is 79.9. The first-order valence-electron chi connectivity index (χ1n) is 6.45. The second-order valence-electron chi connectivity index (χ2n) is 4.58. The number of nitrogens with one attached hydrogen (secondary N) is 1. The molecule has 5 heteroatoms. The molecule has 0 aliphatic heterocycles. The van der Waals surface area contributed by atoms with E-state index < -0.39 is 0 Å². The molecule has 0 atom stereocenters. The summed E-state index contributed by atoms with van der Waals surface area (Å²) in [5.41, 5.74) is 1.30. The van der Waals surface area contributed by atoms with Crippen LogP contribution in [0.2, 0.25) is 0 Å². The largest absolute Gasteiger partial charge is 0.483 e. The van der Waals surface area contributed by atoms with E-state index in [2.05, 4.69) is 21.2 Å². The van der Waals surface area contributed by atoms with E-state index in [0.717, 1.165) is 4.47 Å². The molecular weight excluding hydrogens is 337 g/mol. The summed E-state index contributed by atoms with van der Waals surface area (Å²) in [6.07, 6.45) is 0. The second-order valence-corrected chi connectivity index (χ2v) is 5.43. The van der Waals surface area contributed by atoms with E-state index >= 15 is 0 Å². The Morgan fingerprint density at radius 3 is 2.76 bits per heavy atom. The molecule has 0 aromatic heterocycles. The van der Waals surface area contributed by atoms with Crippen molar-refractivity contribution in [2.45, 2.75) is 13.5 Å². The van der Waals surface area contributed by atoms with Gasteiger partial charge in [0.25, 0.3) is 5.91 Å². The summed E-state index contributed by atoms with van der Waals surface area (Å²) in [5.74, 6) is 0.0759. The van der Waals surface area contributed by atoms with Gasteiger partial charge >= 0.3 is 0 Å². The summed E-state index contributed by atoms with van der Waals surface area (Å²) in [6.45, 7) is 1.88. The van der Waals surface area contributed by atoms with Gasteiger partial charge in [0, 0.05) is 6.54 Å². The predicted molar refractivity (Wildman–Crippen MR) is 82.6 cm³/mol. The number of benzene rings is 2. The maximum absolute atomic E-state index is 13.4.